The number of benzene rings is 1. The smallest absolute Gasteiger partial charge is 0.123 e. The monoisotopic (exact) mass is 177 g/mol. The number of hydrogen-bond acceptors (Lipinski definition) is 2. The van der Waals surface area contributed by atoms with E-state index in [9.17, 15) is 0 Å². The van der Waals surface area contributed by atoms with Crippen LogP contribution in [0.5, 0.6) is 5.75 Å². The van der Waals surface area contributed by atoms with Crippen LogP contribution in [-0.2, 0) is 6.42 Å². The Morgan fingerprint density at radius 1 is 1.54 bits per heavy atom. The van der Waals surface area contributed by atoms with E-state index in [0.717, 1.165) is 12.2 Å². The summed E-state index contributed by atoms with van der Waals surface area (Å²) in [6.45, 7) is 4.09. The minimum absolute atomic E-state index is 0.112. The van der Waals surface area contributed by atoms with E-state index in [1.54, 1.807) is 0 Å². The molecule has 0 spiro atoms. The van der Waals surface area contributed by atoms with Gasteiger partial charge in [-0.05, 0) is 31.0 Å². The van der Waals surface area contributed by atoms with Gasteiger partial charge in [-0.3, -0.25) is 0 Å². The summed E-state index contributed by atoms with van der Waals surface area (Å²) in [5.41, 5.74) is 8.29. The lowest BCUT2D eigenvalue weighted by molar-refractivity contribution is 0.254. The molecule has 2 nitrogen and oxygen atoms in total. The zero-order chi connectivity index (χ0) is 9.42. The molecule has 2 rings (SSSR count). The molecule has 0 bridgehead atoms. The highest BCUT2D eigenvalue weighted by molar-refractivity contribution is 5.41. The largest absolute Gasteiger partial charge is 0.490 e. The SMILES string of the molecule is CC1Cc2cc(C(C)N)ccc2O1. The first-order valence-corrected chi connectivity index (χ1v) is 4.72. The predicted molar refractivity (Wildman–Crippen MR) is 52.8 cm³/mol. The third-order valence-corrected chi connectivity index (χ3v) is 2.45. The lowest BCUT2D eigenvalue weighted by Crippen LogP contribution is -2.05. The zero-order valence-corrected chi connectivity index (χ0v) is 8.08. The quantitative estimate of drug-likeness (QED) is 0.712. The predicted octanol–water partition coefficient (Wildman–Crippen LogP) is 2.03. The summed E-state index contributed by atoms with van der Waals surface area (Å²) in [4.78, 5) is 0. The summed E-state index contributed by atoms with van der Waals surface area (Å²) in [5.74, 6) is 1.02. The molecule has 1 aliphatic heterocycles. The van der Waals surface area contributed by atoms with E-state index in [1.807, 2.05) is 19.1 Å². The molecule has 0 amide bonds. The number of rotatable bonds is 1. The lowest BCUT2D eigenvalue weighted by atomic mass is 10.0. The van der Waals surface area contributed by atoms with E-state index in [1.165, 1.54) is 11.1 Å². The van der Waals surface area contributed by atoms with Crippen LogP contribution in [0.25, 0.3) is 0 Å². The van der Waals surface area contributed by atoms with Crippen LogP contribution in [0.4, 0.5) is 0 Å². The molecule has 0 fully saturated rings. The van der Waals surface area contributed by atoms with Crippen molar-refractivity contribution in [3.63, 3.8) is 0 Å². The molecule has 1 heterocycles. The third kappa shape index (κ3) is 1.54. The first-order valence-electron chi connectivity index (χ1n) is 4.72. The molecule has 2 N–H and O–H groups in total. The van der Waals surface area contributed by atoms with Gasteiger partial charge >= 0.3 is 0 Å². The second kappa shape index (κ2) is 3.04. The second-order valence-electron chi connectivity index (χ2n) is 3.79. The molecular weight excluding hydrogens is 162 g/mol. The molecule has 70 valence electrons. The van der Waals surface area contributed by atoms with Crippen molar-refractivity contribution < 1.29 is 4.74 Å². The summed E-state index contributed by atoms with van der Waals surface area (Å²) in [6, 6.07) is 6.34. The normalized spacial score (nSPS) is 22.2. The summed E-state index contributed by atoms with van der Waals surface area (Å²) in [7, 11) is 0. The Morgan fingerprint density at radius 3 is 3.00 bits per heavy atom. The molecule has 2 heteroatoms. The van der Waals surface area contributed by atoms with Crippen LogP contribution in [0.15, 0.2) is 18.2 Å². The molecule has 0 saturated heterocycles. The standard InChI is InChI=1S/C11H15NO/c1-7-5-10-6-9(8(2)12)3-4-11(10)13-7/h3-4,6-8H,5,12H2,1-2H3. The van der Waals surface area contributed by atoms with E-state index < -0.39 is 0 Å². The molecule has 0 radical (unpaired) electrons. The molecule has 2 atom stereocenters. The van der Waals surface area contributed by atoms with Crippen LogP contribution in [0.1, 0.15) is 31.0 Å². The van der Waals surface area contributed by atoms with E-state index in [-0.39, 0.29) is 6.04 Å². The summed E-state index contributed by atoms with van der Waals surface area (Å²) in [6.07, 6.45) is 1.33. The Bertz CT molecular complexity index is 320. The summed E-state index contributed by atoms with van der Waals surface area (Å²) >= 11 is 0. The van der Waals surface area contributed by atoms with E-state index in [2.05, 4.69) is 13.0 Å². The third-order valence-electron chi connectivity index (χ3n) is 2.45. The minimum Gasteiger partial charge on any atom is -0.490 e. The van der Waals surface area contributed by atoms with Crippen molar-refractivity contribution in [1.29, 1.82) is 0 Å². The molecule has 1 aromatic rings. The summed E-state index contributed by atoms with van der Waals surface area (Å²) in [5, 5.41) is 0. The van der Waals surface area contributed by atoms with Crippen LogP contribution in [0.2, 0.25) is 0 Å². The highest BCUT2D eigenvalue weighted by Crippen LogP contribution is 2.30. The number of fused-ring (bicyclic) bond motifs is 1. The van der Waals surface area contributed by atoms with Crippen molar-refractivity contribution in [1.82, 2.24) is 0 Å². The van der Waals surface area contributed by atoms with Gasteiger partial charge in [0, 0.05) is 12.5 Å². The fraction of sp³-hybridized carbons (Fsp3) is 0.455. The van der Waals surface area contributed by atoms with Crippen molar-refractivity contribution in [3.05, 3.63) is 29.3 Å². The van der Waals surface area contributed by atoms with E-state index in [0.29, 0.717) is 6.10 Å². The maximum Gasteiger partial charge on any atom is 0.123 e. The molecule has 1 aromatic carbocycles. The highest BCUT2D eigenvalue weighted by atomic mass is 16.5. The van der Waals surface area contributed by atoms with Gasteiger partial charge in [0.1, 0.15) is 11.9 Å². The molecule has 1 aliphatic rings. The summed E-state index contributed by atoms with van der Waals surface area (Å²) < 4.78 is 5.60. The van der Waals surface area contributed by atoms with Crippen LogP contribution in [0, 0.1) is 0 Å². The molecule has 0 saturated carbocycles. The van der Waals surface area contributed by atoms with Gasteiger partial charge in [-0.25, -0.2) is 0 Å². The Hall–Kier alpha value is -1.02. The average molecular weight is 177 g/mol. The maximum absolute atomic E-state index is 5.80. The van der Waals surface area contributed by atoms with Crippen molar-refractivity contribution in [2.24, 2.45) is 5.73 Å². The molecule has 13 heavy (non-hydrogen) atoms. The van der Waals surface area contributed by atoms with Crippen LogP contribution >= 0.6 is 0 Å². The van der Waals surface area contributed by atoms with Crippen molar-refractivity contribution >= 4 is 0 Å². The van der Waals surface area contributed by atoms with Gasteiger partial charge in [0.25, 0.3) is 0 Å². The van der Waals surface area contributed by atoms with Crippen molar-refractivity contribution in [2.45, 2.75) is 32.4 Å². The highest BCUT2D eigenvalue weighted by Gasteiger charge is 2.19. The average Bonchev–Trinajstić information content (AvgIpc) is 2.42. The maximum atomic E-state index is 5.80. The van der Waals surface area contributed by atoms with Gasteiger partial charge in [0.15, 0.2) is 0 Å². The van der Waals surface area contributed by atoms with E-state index in [4.69, 9.17) is 10.5 Å². The van der Waals surface area contributed by atoms with Crippen LogP contribution in [0.3, 0.4) is 0 Å². The Labute approximate surface area is 78.7 Å². The fourth-order valence-electron chi connectivity index (χ4n) is 1.73. The van der Waals surface area contributed by atoms with Crippen molar-refractivity contribution in [2.75, 3.05) is 0 Å². The van der Waals surface area contributed by atoms with Gasteiger partial charge < -0.3 is 10.5 Å². The number of hydrogen-bond donors (Lipinski definition) is 1. The van der Waals surface area contributed by atoms with Gasteiger partial charge in [-0.2, -0.15) is 0 Å². The Kier molecular flexibility index (Phi) is 2.00. The number of nitrogens with two attached hydrogens (primary N) is 1. The minimum atomic E-state index is 0.112. The fourth-order valence-corrected chi connectivity index (χ4v) is 1.73. The Morgan fingerprint density at radius 2 is 2.31 bits per heavy atom. The molecular formula is C11H15NO. The van der Waals surface area contributed by atoms with Gasteiger partial charge in [-0.1, -0.05) is 12.1 Å². The van der Waals surface area contributed by atoms with Crippen LogP contribution in [-0.4, -0.2) is 6.10 Å². The van der Waals surface area contributed by atoms with Gasteiger partial charge in [0.05, 0.1) is 0 Å². The second-order valence-corrected chi connectivity index (χ2v) is 3.79. The van der Waals surface area contributed by atoms with Crippen LogP contribution < -0.4 is 10.5 Å². The Balaban J connectivity index is 2.35. The lowest BCUT2D eigenvalue weighted by Gasteiger charge is -2.06. The van der Waals surface area contributed by atoms with Gasteiger partial charge in [-0.15, -0.1) is 0 Å². The van der Waals surface area contributed by atoms with Gasteiger partial charge in [0.2, 0.25) is 0 Å². The first-order chi connectivity index (χ1) is 6.16. The number of ether oxygens (including phenoxy) is 1. The topological polar surface area (TPSA) is 35.2 Å². The first kappa shape index (κ1) is 8.57. The van der Waals surface area contributed by atoms with Crippen molar-refractivity contribution in [3.8, 4) is 5.75 Å². The molecule has 0 aliphatic carbocycles. The molecule has 2 unspecified atom stereocenters. The van der Waals surface area contributed by atoms with E-state index >= 15 is 0 Å². The molecule has 0 aromatic heterocycles. The zero-order valence-electron chi connectivity index (χ0n) is 8.08.